The topological polar surface area (TPSA) is 32.7 Å². The van der Waals surface area contributed by atoms with Gasteiger partial charge in [-0.2, -0.15) is 10.1 Å². The van der Waals surface area contributed by atoms with Crippen molar-refractivity contribution < 1.29 is 4.79 Å². The van der Waals surface area contributed by atoms with Gasteiger partial charge >= 0.3 is 0 Å². The smallest absolute Gasteiger partial charge is 0.253 e. The van der Waals surface area contributed by atoms with Crippen molar-refractivity contribution in [3.8, 4) is 0 Å². The second kappa shape index (κ2) is 4.26. The Morgan fingerprint density at radius 3 is 2.62 bits per heavy atom. The number of halogens is 1. The number of hydrazone groups is 1. The lowest BCUT2D eigenvalue weighted by atomic mass is 10.1. The van der Waals surface area contributed by atoms with Crippen molar-refractivity contribution in [1.82, 2.24) is 0 Å². The third-order valence-electron chi connectivity index (χ3n) is 2.54. The zero-order valence-electron chi connectivity index (χ0n) is 9.27. The number of carbonyl (C=O) groups is 1. The lowest BCUT2D eigenvalue weighted by Gasteiger charge is -2.12. The van der Waals surface area contributed by atoms with Crippen LogP contribution >= 0.6 is 11.6 Å². The average Bonchev–Trinajstić information content (AvgIpc) is 2.61. The van der Waals surface area contributed by atoms with E-state index in [0.717, 1.165) is 5.71 Å². The van der Waals surface area contributed by atoms with Crippen molar-refractivity contribution >= 4 is 28.9 Å². The number of rotatable bonds is 2. The minimum atomic E-state index is -0.0169. The predicted octanol–water partition coefficient (Wildman–Crippen LogP) is 3.09. The van der Waals surface area contributed by atoms with Crippen LogP contribution in [0.2, 0.25) is 5.02 Å². The van der Waals surface area contributed by atoms with E-state index in [-0.39, 0.29) is 11.8 Å². The fourth-order valence-electron chi connectivity index (χ4n) is 1.58. The quantitative estimate of drug-likeness (QED) is 0.777. The Hall–Kier alpha value is -1.35. The van der Waals surface area contributed by atoms with Gasteiger partial charge in [0, 0.05) is 0 Å². The van der Waals surface area contributed by atoms with E-state index >= 15 is 0 Å². The Balaban J connectivity index is 2.36. The number of hydrogen-bond donors (Lipinski definition) is 0. The van der Waals surface area contributed by atoms with Crippen molar-refractivity contribution in [3.05, 3.63) is 29.3 Å². The van der Waals surface area contributed by atoms with Gasteiger partial charge in [-0.25, -0.2) is 0 Å². The van der Waals surface area contributed by atoms with Crippen molar-refractivity contribution in [1.29, 1.82) is 0 Å². The Morgan fingerprint density at radius 2 is 2.06 bits per heavy atom. The van der Waals surface area contributed by atoms with E-state index in [1.807, 2.05) is 26.0 Å². The summed E-state index contributed by atoms with van der Waals surface area (Å²) in [5, 5.41) is 6.26. The molecule has 2 rings (SSSR count). The van der Waals surface area contributed by atoms with Crippen molar-refractivity contribution in [2.24, 2.45) is 11.0 Å². The molecule has 1 heterocycles. The zero-order chi connectivity index (χ0) is 11.7. The van der Waals surface area contributed by atoms with Gasteiger partial charge in [0.05, 0.1) is 22.8 Å². The molecule has 16 heavy (non-hydrogen) atoms. The third kappa shape index (κ3) is 1.95. The first-order valence-electron chi connectivity index (χ1n) is 5.24. The summed E-state index contributed by atoms with van der Waals surface area (Å²) in [6.07, 6.45) is 0.392. The van der Waals surface area contributed by atoms with E-state index in [9.17, 15) is 4.79 Å². The molecule has 0 aliphatic carbocycles. The Bertz CT molecular complexity index is 454. The number of anilines is 1. The number of amides is 1. The highest BCUT2D eigenvalue weighted by atomic mass is 35.5. The van der Waals surface area contributed by atoms with E-state index in [2.05, 4.69) is 5.10 Å². The van der Waals surface area contributed by atoms with Crippen LogP contribution < -0.4 is 5.01 Å². The van der Waals surface area contributed by atoms with Crippen LogP contribution in [0.1, 0.15) is 20.3 Å². The maximum absolute atomic E-state index is 11.8. The van der Waals surface area contributed by atoms with Gasteiger partial charge in [-0.05, 0) is 18.1 Å². The highest BCUT2D eigenvalue weighted by Crippen LogP contribution is 2.29. The molecule has 0 radical (unpaired) electrons. The van der Waals surface area contributed by atoms with Gasteiger partial charge in [-0.1, -0.05) is 37.6 Å². The van der Waals surface area contributed by atoms with Crippen LogP contribution in [0, 0.1) is 5.92 Å². The van der Waals surface area contributed by atoms with Gasteiger partial charge in [0.2, 0.25) is 0 Å². The van der Waals surface area contributed by atoms with E-state index in [0.29, 0.717) is 17.1 Å². The Kier molecular flexibility index (Phi) is 2.97. The Labute approximate surface area is 99.7 Å². The number of benzene rings is 1. The van der Waals surface area contributed by atoms with Crippen LogP contribution in [-0.2, 0) is 4.79 Å². The highest BCUT2D eigenvalue weighted by molar-refractivity contribution is 6.34. The SMILES string of the molecule is CC(C)C1=NN(c2ccccc2Cl)C(=O)C1. The molecule has 0 bridgehead atoms. The first-order valence-corrected chi connectivity index (χ1v) is 5.62. The minimum absolute atomic E-state index is 0.0169. The van der Waals surface area contributed by atoms with Gasteiger partial charge in [-0.3, -0.25) is 4.79 Å². The maximum Gasteiger partial charge on any atom is 0.253 e. The van der Waals surface area contributed by atoms with E-state index in [1.54, 1.807) is 12.1 Å². The molecule has 3 nitrogen and oxygen atoms in total. The second-order valence-electron chi connectivity index (χ2n) is 4.08. The predicted molar refractivity (Wildman–Crippen MR) is 65.8 cm³/mol. The fraction of sp³-hybridized carbons (Fsp3) is 0.333. The lowest BCUT2D eigenvalue weighted by Crippen LogP contribution is -2.19. The van der Waals surface area contributed by atoms with Crippen LogP contribution in [0.3, 0.4) is 0 Å². The molecule has 0 unspecified atom stereocenters. The van der Waals surface area contributed by atoms with Crippen molar-refractivity contribution in [3.63, 3.8) is 0 Å². The molecule has 1 aliphatic heterocycles. The van der Waals surface area contributed by atoms with Gasteiger partial charge in [0.25, 0.3) is 5.91 Å². The Morgan fingerprint density at radius 1 is 1.38 bits per heavy atom. The lowest BCUT2D eigenvalue weighted by molar-refractivity contribution is -0.116. The summed E-state index contributed by atoms with van der Waals surface area (Å²) in [7, 11) is 0. The molecule has 1 aromatic rings. The second-order valence-corrected chi connectivity index (χ2v) is 4.49. The summed E-state index contributed by atoms with van der Waals surface area (Å²) in [5.41, 5.74) is 1.56. The van der Waals surface area contributed by atoms with E-state index in [1.165, 1.54) is 5.01 Å². The van der Waals surface area contributed by atoms with Crippen LogP contribution in [-0.4, -0.2) is 11.6 Å². The summed E-state index contributed by atoms with van der Waals surface area (Å²) < 4.78 is 0. The first-order chi connectivity index (χ1) is 7.59. The molecule has 0 fully saturated rings. The standard InChI is InChI=1S/C12H13ClN2O/c1-8(2)10-7-12(16)15(14-10)11-6-4-3-5-9(11)13/h3-6,8H,7H2,1-2H3. The zero-order valence-corrected chi connectivity index (χ0v) is 10.0. The fourth-order valence-corrected chi connectivity index (χ4v) is 1.80. The van der Waals surface area contributed by atoms with E-state index in [4.69, 9.17) is 11.6 Å². The molecule has 0 atom stereocenters. The van der Waals surface area contributed by atoms with Crippen molar-refractivity contribution in [2.75, 3.05) is 5.01 Å². The molecule has 0 aromatic heterocycles. The number of hydrogen-bond acceptors (Lipinski definition) is 2. The summed E-state index contributed by atoms with van der Waals surface area (Å²) >= 11 is 6.03. The molecule has 0 spiro atoms. The molecule has 0 N–H and O–H groups in total. The molecular formula is C12H13ClN2O. The van der Waals surface area contributed by atoms with Crippen LogP contribution in [0.5, 0.6) is 0 Å². The molecule has 1 aromatic carbocycles. The van der Waals surface area contributed by atoms with Gasteiger partial charge < -0.3 is 0 Å². The molecular weight excluding hydrogens is 224 g/mol. The number of nitrogens with zero attached hydrogens (tertiary/aromatic N) is 2. The summed E-state index contributed by atoms with van der Waals surface area (Å²) in [5.74, 6) is 0.272. The summed E-state index contributed by atoms with van der Waals surface area (Å²) in [6.45, 7) is 4.06. The van der Waals surface area contributed by atoms with E-state index < -0.39 is 0 Å². The molecule has 0 saturated heterocycles. The number of para-hydroxylation sites is 1. The average molecular weight is 237 g/mol. The largest absolute Gasteiger partial charge is 0.272 e. The number of carbonyl (C=O) groups excluding carboxylic acids is 1. The monoisotopic (exact) mass is 236 g/mol. The van der Waals surface area contributed by atoms with Crippen LogP contribution in [0.25, 0.3) is 0 Å². The van der Waals surface area contributed by atoms with Gasteiger partial charge in [0.15, 0.2) is 0 Å². The minimum Gasteiger partial charge on any atom is -0.272 e. The first kappa shape index (κ1) is 11.1. The van der Waals surface area contributed by atoms with Crippen LogP contribution in [0.4, 0.5) is 5.69 Å². The molecule has 4 heteroatoms. The summed E-state index contributed by atoms with van der Waals surface area (Å²) in [4.78, 5) is 11.8. The van der Waals surface area contributed by atoms with Gasteiger partial charge in [0.1, 0.15) is 0 Å². The molecule has 84 valence electrons. The highest BCUT2D eigenvalue weighted by Gasteiger charge is 2.27. The van der Waals surface area contributed by atoms with Gasteiger partial charge in [-0.15, -0.1) is 0 Å². The van der Waals surface area contributed by atoms with Crippen molar-refractivity contribution in [2.45, 2.75) is 20.3 Å². The third-order valence-corrected chi connectivity index (χ3v) is 2.86. The normalized spacial score (nSPS) is 15.9. The van der Waals surface area contributed by atoms with Crippen LogP contribution in [0.15, 0.2) is 29.4 Å². The molecule has 1 aliphatic rings. The summed E-state index contributed by atoms with van der Waals surface area (Å²) in [6, 6.07) is 7.23. The molecule has 0 saturated carbocycles. The molecule has 1 amide bonds. The maximum atomic E-state index is 11.8.